The Morgan fingerprint density at radius 2 is 2.00 bits per heavy atom. The van der Waals surface area contributed by atoms with Gasteiger partial charge in [-0.2, -0.15) is 18.3 Å². The molecule has 2 amide bonds. The number of aromatic nitrogens is 2. The summed E-state index contributed by atoms with van der Waals surface area (Å²) in [7, 11) is 1.71. The van der Waals surface area contributed by atoms with Crippen molar-refractivity contribution in [3.63, 3.8) is 0 Å². The monoisotopic (exact) mass is 424 g/mol. The highest BCUT2D eigenvalue weighted by atomic mass is 19.4. The topological polar surface area (TPSA) is 96.3 Å². The molecule has 10 heteroatoms. The number of hydrogen-bond acceptors (Lipinski definition) is 4. The lowest BCUT2D eigenvalue weighted by Gasteiger charge is -2.46. The summed E-state index contributed by atoms with van der Waals surface area (Å²) in [6.07, 6.45) is 0.799. The Balaban J connectivity index is 1.96. The maximum absolute atomic E-state index is 13.3. The molecule has 1 saturated carbocycles. The molecule has 1 fully saturated rings. The van der Waals surface area contributed by atoms with Gasteiger partial charge >= 0.3 is 6.18 Å². The molecule has 30 heavy (non-hydrogen) atoms. The molecule has 0 radical (unpaired) electrons. The molecule has 1 aromatic carbocycles. The highest BCUT2D eigenvalue weighted by molar-refractivity contribution is 5.97. The minimum absolute atomic E-state index is 0.124. The molecule has 2 aromatic rings. The molecule has 0 spiro atoms. The molecular formula is C20H23F3N4O3. The lowest BCUT2D eigenvalue weighted by atomic mass is 9.63. The van der Waals surface area contributed by atoms with E-state index in [1.54, 1.807) is 24.1 Å². The number of halogens is 3. The van der Waals surface area contributed by atoms with Crippen LogP contribution in [0.25, 0.3) is 0 Å². The number of aliphatic hydroxyl groups is 1. The predicted octanol–water partition coefficient (Wildman–Crippen LogP) is 3.03. The fourth-order valence-corrected chi connectivity index (χ4v) is 3.76. The normalized spacial score (nSPS) is 16.5. The van der Waals surface area contributed by atoms with E-state index in [2.05, 4.69) is 15.7 Å². The van der Waals surface area contributed by atoms with Gasteiger partial charge in [0.25, 0.3) is 5.91 Å². The standard InChI is InChI=1S/C20H23F3N4O3/c1-12(29)25-16-7-13(6-15(8-16)20(21,22)23)18(30)26-17(14-9-24-27(2)10-14)19(11-28)4-3-5-19/h6-10,17,28H,3-5,11H2,1-2H3,(H,25,29)(H,26,30). The third kappa shape index (κ3) is 4.48. The number of aryl methyl sites for hydroxylation is 1. The molecule has 1 aliphatic rings. The van der Waals surface area contributed by atoms with E-state index in [1.807, 2.05) is 0 Å². The van der Waals surface area contributed by atoms with Crippen molar-refractivity contribution in [2.45, 2.75) is 38.4 Å². The second kappa shape index (κ2) is 8.10. The summed E-state index contributed by atoms with van der Waals surface area (Å²) in [6, 6.07) is 2.10. The smallest absolute Gasteiger partial charge is 0.396 e. The van der Waals surface area contributed by atoms with Crippen molar-refractivity contribution in [1.82, 2.24) is 15.1 Å². The SMILES string of the molecule is CC(=O)Nc1cc(C(=O)NC(c2cnn(C)c2)C2(CO)CCC2)cc(C(F)(F)F)c1. The van der Waals surface area contributed by atoms with Crippen molar-refractivity contribution >= 4 is 17.5 Å². The number of rotatable bonds is 6. The third-order valence-electron chi connectivity index (χ3n) is 5.45. The fourth-order valence-electron chi connectivity index (χ4n) is 3.76. The van der Waals surface area contributed by atoms with Gasteiger partial charge in [-0.15, -0.1) is 0 Å². The summed E-state index contributed by atoms with van der Waals surface area (Å²) >= 11 is 0. The van der Waals surface area contributed by atoms with Gasteiger partial charge in [0.15, 0.2) is 0 Å². The molecule has 1 atom stereocenters. The number of aliphatic hydroxyl groups excluding tert-OH is 1. The summed E-state index contributed by atoms with van der Waals surface area (Å²) < 4.78 is 41.4. The first kappa shape index (κ1) is 21.8. The second-order valence-electron chi connectivity index (χ2n) is 7.71. The molecule has 3 N–H and O–H groups in total. The van der Waals surface area contributed by atoms with Crippen molar-refractivity contribution in [3.05, 3.63) is 47.3 Å². The number of alkyl halides is 3. The van der Waals surface area contributed by atoms with E-state index >= 15 is 0 Å². The van der Waals surface area contributed by atoms with E-state index in [-0.39, 0.29) is 17.9 Å². The Morgan fingerprint density at radius 3 is 2.47 bits per heavy atom. The maximum atomic E-state index is 13.3. The molecule has 1 aliphatic carbocycles. The number of carbonyl (C=O) groups excluding carboxylic acids is 2. The molecule has 0 saturated heterocycles. The van der Waals surface area contributed by atoms with Gasteiger partial charge in [-0.3, -0.25) is 14.3 Å². The van der Waals surface area contributed by atoms with Crippen LogP contribution in [-0.4, -0.2) is 33.3 Å². The van der Waals surface area contributed by atoms with Crippen LogP contribution >= 0.6 is 0 Å². The van der Waals surface area contributed by atoms with Crippen LogP contribution in [0.4, 0.5) is 18.9 Å². The average molecular weight is 424 g/mol. The highest BCUT2D eigenvalue weighted by Gasteiger charge is 2.45. The Morgan fingerprint density at radius 1 is 1.30 bits per heavy atom. The fraction of sp³-hybridized carbons (Fsp3) is 0.450. The summed E-state index contributed by atoms with van der Waals surface area (Å²) in [5.74, 6) is -1.29. The largest absolute Gasteiger partial charge is 0.416 e. The van der Waals surface area contributed by atoms with Crippen molar-refractivity contribution in [2.24, 2.45) is 12.5 Å². The number of anilines is 1. The van der Waals surface area contributed by atoms with Crippen molar-refractivity contribution in [1.29, 1.82) is 0 Å². The molecule has 1 aromatic heterocycles. The number of benzene rings is 1. The molecule has 1 unspecified atom stereocenters. The zero-order valence-corrected chi connectivity index (χ0v) is 16.6. The summed E-state index contributed by atoms with van der Waals surface area (Å²) in [5, 5.41) is 19.2. The van der Waals surface area contributed by atoms with E-state index < -0.39 is 35.0 Å². The van der Waals surface area contributed by atoms with Gasteiger partial charge in [-0.05, 0) is 31.0 Å². The van der Waals surface area contributed by atoms with E-state index in [1.165, 1.54) is 13.0 Å². The first-order valence-electron chi connectivity index (χ1n) is 9.44. The molecular weight excluding hydrogens is 401 g/mol. The van der Waals surface area contributed by atoms with Gasteiger partial charge < -0.3 is 15.7 Å². The number of hydrogen-bond donors (Lipinski definition) is 3. The van der Waals surface area contributed by atoms with Crippen LogP contribution in [0.15, 0.2) is 30.6 Å². The molecule has 0 bridgehead atoms. The van der Waals surface area contributed by atoms with Gasteiger partial charge in [0.05, 0.1) is 24.4 Å². The number of nitrogens with zero attached hydrogens (tertiary/aromatic N) is 2. The lowest BCUT2D eigenvalue weighted by molar-refractivity contribution is -0.137. The minimum atomic E-state index is -4.69. The Hall–Kier alpha value is -2.88. The summed E-state index contributed by atoms with van der Waals surface area (Å²) in [6.45, 7) is 0.993. The van der Waals surface area contributed by atoms with Crippen molar-refractivity contribution in [3.8, 4) is 0 Å². The first-order chi connectivity index (χ1) is 14.0. The summed E-state index contributed by atoms with van der Waals surface area (Å²) in [5.41, 5.74) is -1.34. The predicted molar refractivity (Wildman–Crippen MR) is 103 cm³/mol. The maximum Gasteiger partial charge on any atom is 0.416 e. The average Bonchev–Trinajstić information content (AvgIpc) is 3.04. The van der Waals surface area contributed by atoms with Crippen LogP contribution < -0.4 is 10.6 Å². The molecule has 1 heterocycles. The highest BCUT2D eigenvalue weighted by Crippen LogP contribution is 2.50. The summed E-state index contributed by atoms with van der Waals surface area (Å²) in [4.78, 5) is 24.3. The quantitative estimate of drug-likeness (QED) is 0.664. The second-order valence-corrected chi connectivity index (χ2v) is 7.71. The van der Waals surface area contributed by atoms with Gasteiger partial charge in [-0.1, -0.05) is 6.42 Å². The minimum Gasteiger partial charge on any atom is -0.396 e. The number of carbonyl (C=O) groups is 2. The number of nitrogens with one attached hydrogen (secondary N) is 2. The zero-order valence-electron chi connectivity index (χ0n) is 16.6. The van der Waals surface area contributed by atoms with Gasteiger partial charge in [0, 0.05) is 42.4 Å². The Bertz CT molecular complexity index is 946. The van der Waals surface area contributed by atoms with Crippen molar-refractivity contribution in [2.75, 3.05) is 11.9 Å². The van der Waals surface area contributed by atoms with E-state index in [0.29, 0.717) is 18.4 Å². The molecule has 0 aliphatic heterocycles. The van der Waals surface area contributed by atoms with Crippen LogP contribution in [0.1, 0.15) is 53.7 Å². The van der Waals surface area contributed by atoms with Crippen LogP contribution in [0.2, 0.25) is 0 Å². The van der Waals surface area contributed by atoms with Crippen LogP contribution in [0, 0.1) is 5.41 Å². The molecule has 3 rings (SSSR count). The lowest BCUT2D eigenvalue weighted by Crippen LogP contribution is -2.47. The molecule has 162 valence electrons. The Labute approximate surface area is 171 Å². The Kier molecular flexibility index (Phi) is 5.89. The van der Waals surface area contributed by atoms with Crippen LogP contribution in [0.3, 0.4) is 0 Å². The van der Waals surface area contributed by atoms with E-state index in [4.69, 9.17) is 0 Å². The van der Waals surface area contributed by atoms with Gasteiger partial charge in [0.1, 0.15) is 0 Å². The zero-order chi connectivity index (χ0) is 22.1. The van der Waals surface area contributed by atoms with Crippen LogP contribution in [0.5, 0.6) is 0 Å². The van der Waals surface area contributed by atoms with Crippen LogP contribution in [-0.2, 0) is 18.0 Å². The van der Waals surface area contributed by atoms with E-state index in [9.17, 15) is 27.9 Å². The number of amides is 2. The van der Waals surface area contributed by atoms with Gasteiger partial charge in [0.2, 0.25) is 5.91 Å². The molecule has 7 nitrogen and oxygen atoms in total. The third-order valence-corrected chi connectivity index (χ3v) is 5.45. The first-order valence-corrected chi connectivity index (χ1v) is 9.44. The van der Waals surface area contributed by atoms with Gasteiger partial charge in [-0.25, -0.2) is 0 Å². The van der Waals surface area contributed by atoms with Crippen molar-refractivity contribution < 1.29 is 27.9 Å². The van der Waals surface area contributed by atoms with E-state index in [0.717, 1.165) is 18.6 Å².